The third-order valence-corrected chi connectivity index (χ3v) is 3.37. The van der Waals surface area contributed by atoms with Gasteiger partial charge in [0.1, 0.15) is 16.6 Å². The molecule has 0 aliphatic carbocycles. The number of aryl methyl sites for hydroxylation is 2. The predicted molar refractivity (Wildman–Crippen MR) is 94.0 cm³/mol. The zero-order valence-corrected chi connectivity index (χ0v) is 14.5. The van der Waals surface area contributed by atoms with Crippen molar-refractivity contribution in [2.45, 2.75) is 27.7 Å². The lowest BCUT2D eigenvalue weighted by atomic mass is 10.2. The van der Waals surface area contributed by atoms with Crippen molar-refractivity contribution >= 4 is 27.8 Å². The van der Waals surface area contributed by atoms with Gasteiger partial charge in [-0.2, -0.15) is 0 Å². The molecule has 7 heteroatoms. The van der Waals surface area contributed by atoms with Gasteiger partial charge in [0.15, 0.2) is 5.52 Å². The fraction of sp³-hybridized carbons (Fsp3) is 0.294. The highest BCUT2D eigenvalue weighted by atomic mass is 16.6. The molecule has 0 spiro atoms. The molecule has 7 nitrogen and oxygen atoms in total. The molecule has 24 heavy (non-hydrogen) atoms. The summed E-state index contributed by atoms with van der Waals surface area (Å²) in [4.78, 5) is 0. The molecule has 1 N–H and O–H groups in total. The van der Waals surface area contributed by atoms with Crippen LogP contribution in [0.1, 0.15) is 25.0 Å². The third kappa shape index (κ3) is 3.51. The lowest BCUT2D eigenvalue weighted by Crippen LogP contribution is -1.89. The Labute approximate surface area is 140 Å². The maximum absolute atomic E-state index is 4.65. The number of hydrogen-bond donors (Lipinski definition) is 1. The molecule has 2 aromatic carbocycles. The van der Waals surface area contributed by atoms with Gasteiger partial charge in [0.05, 0.1) is 5.69 Å². The van der Waals surface area contributed by atoms with Gasteiger partial charge in [-0.15, -0.1) is 0 Å². The first kappa shape index (κ1) is 17.4. The monoisotopic (exact) mass is 327 g/mol. The largest absolute Gasteiger partial charge is 0.386 e. The van der Waals surface area contributed by atoms with Crippen molar-refractivity contribution in [3.63, 3.8) is 0 Å². The number of aromatic nitrogens is 4. The molecule has 126 valence electrons. The molecular formula is C17H21N5O2. The Bertz CT molecular complexity index is 914. The summed E-state index contributed by atoms with van der Waals surface area (Å²) in [5.41, 5.74) is 6.39. The average Bonchev–Trinajstić information content (AvgIpc) is 3.28. The Morgan fingerprint density at radius 2 is 1.38 bits per heavy atom. The van der Waals surface area contributed by atoms with E-state index in [9.17, 15) is 0 Å². The summed E-state index contributed by atoms with van der Waals surface area (Å²) >= 11 is 0. The molecule has 4 rings (SSSR count). The predicted octanol–water partition coefficient (Wildman–Crippen LogP) is 4.13. The molecule has 0 atom stereocenters. The van der Waals surface area contributed by atoms with Crippen LogP contribution in [0.2, 0.25) is 0 Å². The van der Waals surface area contributed by atoms with Crippen LogP contribution in [-0.2, 0) is 0 Å². The Balaban J connectivity index is 0.000000160. The molecule has 0 fully saturated rings. The average molecular weight is 327 g/mol. The SMILES string of the molecule is CC.CNc1ccc(C)c2nonc12.Cc1cccc2nonc12. The van der Waals surface area contributed by atoms with Crippen LogP contribution in [0.4, 0.5) is 5.69 Å². The van der Waals surface area contributed by atoms with Crippen molar-refractivity contribution in [2.75, 3.05) is 12.4 Å². The van der Waals surface area contributed by atoms with Crippen molar-refractivity contribution in [1.29, 1.82) is 0 Å². The molecule has 2 heterocycles. The van der Waals surface area contributed by atoms with Gasteiger partial charge in [-0.25, -0.2) is 9.26 Å². The summed E-state index contributed by atoms with van der Waals surface area (Å²) in [5, 5.41) is 18.0. The lowest BCUT2D eigenvalue weighted by molar-refractivity contribution is 0.315. The number of fused-ring (bicyclic) bond motifs is 2. The minimum atomic E-state index is 0.789. The van der Waals surface area contributed by atoms with Gasteiger partial charge in [-0.1, -0.05) is 32.0 Å². The molecule has 0 unspecified atom stereocenters. The van der Waals surface area contributed by atoms with E-state index in [1.54, 1.807) is 0 Å². The van der Waals surface area contributed by atoms with Crippen LogP contribution in [0.25, 0.3) is 22.1 Å². The summed E-state index contributed by atoms with van der Waals surface area (Å²) in [7, 11) is 1.85. The standard InChI is InChI=1S/C8H9N3O.C7H6N2O.C2H6/c1-5-3-4-6(9-2)8-7(5)10-12-11-8;1-5-3-2-4-6-7(5)9-10-8-6;1-2/h3-4,9H,1-2H3;2-4H,1H3;1-2H3. The first-order chi connectivity index (χ1) is 11.7. The molecular weight excluding hydrogens is 306 g/mol. The van der Waals surface area contributed by atoms with Crippen molar-refractivity contribution in [3.05, 3.63) is 41.5 Å². The van der Waals surface area contributed by atoms with Gasteiger partial charge in [-0.3, -0.25) is 0 Å². The van der Waals surface area contributed by atoms with Gasteiger partial charge in [0.2, 0.25) is 0 Å². The summed E-state index contributed by atoms with van der Waals surface area (Å²) in [6.45, 7) is 7.96. The van der Waals surface area contributed by atoms with Gasteiger partial charge in [0, 0.05) is 7.05 Å². The normalized spacial score (nSPS) is 9.88. The van der Waals surface area contributed by atoms with Gasteiger partial charge in [-0.05, 0) is 57.7 Å². The van der Waals surface area contributed by atoms with Crippen LogP contribution in [0.5, 0.6) is 0 Å². The molecule has 0 radical (unpaired) electrons. The molecule has 2 aromatic heterocycles. The number of anilines is 1. The minimum Gasteiger partial charge on any atom is -0.386 e. The molecule has 4 aromatic rings. The molecule has 0 amide bonds. The smallest absolute Gasteiger partial charge is 0.158 e. The highest BCUT2D eigenvalue weighted by Gasteiger charge is 2.07. The van der Waals surface area contributed by atoms with E-state index in [0.29, 0.717) is 0 Å². The highest BCUT2D eigenvalue weighted by Crippen LogP contribution is 2.22. The van der Waals surface area contributed by atoms with Crippen molar-refractivity contribution < 1.29 is 9.26 Å². The van der Waals surface area contributed by atoms with Gasteiger partial charge < -0.3 is 5.32 Å². The maximum atomic E-state index is 4.65. The van der Waals surface area contributed by atoms with Crippen LogP contribution < -0.4 is 5.32 Å². The second kappa shape index (κ2) is 8.05. The fourth-order valence-electron chi connectivity index (χ4n) is 2.13. The molecule has 0 saturated carbocycles. The van der Waals surface area contributed by atoms with Crippen molar-refractivity contribution in [1.82, 2.24) is 20.6 Å². The van der Waals surface area contributed by atoms with Crippen LogP contribution >= 0.6 is 0 Å². The quantitative estimate of drug-likeness (QED) is 0.562. The zero-order chi connectivity index (χ0) is 17.5. The number of rotatable bonds is 1. The summed E-state index contributed by atoms with van der Waals surface area (Å²) in [6.07, 6.45) is 0. The Kier molecular flexibility index (Phi) is 5.83. The van der Waals surface area contributed by atoms with E-state index in [1.165, 1.54) is 0 Å². The first-order valence-corrected chi connectivity index (χ1v) is 7.78. The van der Waals surface area contributed by atoms with E-state index >= 15 is 0 Å². The number of hydrogen-bond acceptors (Lipinski definition) is 7. The van der Waals surface area contributed by atoms with Crippen LogP contribution in [0.15, 0.2) is 39.6 Å². The van der Waals surface area contributed by atoms with E-state index in [-0.39, 0.29) is 0 Å². The van der Waals surface area contributed by atoms with E-state index in [0.717, 1.165) is 38.9 Å². The molecule has 0 aliphatic heterocycles. The van der Waals surface area contributed by atoms with Crippen LogP contribution in [-0.4, -0.2) is 27.7 Å². The third-order valence-electron chi connectivity index (χ3n) is 3.37. The maximum Gasteiger partial charge on any atom is 0.158 e. The second-order valence-electron chi connectivity index (χ2n) is 4.85. The summed E-state index contributed by atoms with van der Waals surface area (Å²) in [6, 6.07) is 9.73. The van der Waals surface area contributed by atoms with Crippen LogP contribution in [0.3, 0.4) is 0 Å². The van der Waals surface area contributed by atoms with Gasteiger partial charge >= 0.3 is 0 Å². The van der Waals surface area contributed by atoms with E-state index < -0.39 is 0 Å². The Morgan fingerprint density at radius 1 is 0.750 bits per heavy atom. The topological polar surface area (TPSA) is 89.9 Å². The number of nitrogens with zero attached hydrogens (tertiary/aromatic N) is 4. The van der Waals surface area contributed by atoms with E-state index in [2.05, 4.69) is 35.2 Å². The number of benzene rings is 2. The molecule has 0 aliphatic rings. The van der Waals surface area contributed by atoms with Crippen molar-refractivity contribution in [2.24, 2.45) is 0 Å². The zero-order valence-electron chi connectivity index (χ0n) is 14.5. The minimum absolute atomic E-state index is 0.789. The highest BCUT2D eigenvalue weighted by molar-refractivity contribution is 5.89. The fourth-order valence-corrected chi connectivity index (χ4v) is 2.13. The van der Waals surface area contributed by atoms with E-state index in [1.807, 2.05) is 65.1 Å². The lowest BCUT2D eigenvalue weighted by Gasteiger charge is -1.99. The Hall–Kier alpha value is -2.96. The van der Waals surface area contributed by atoms with Gasteiger partial charge in [0.25, 0.3) is 0 Å². The Morgan fingerprint density at radius 3 is 2.08 bits per heavy atom. The summed E-state index contributed by atoms with van der Waals surface area (Å²) in [5.74, 6) is 0. The van der Waals surface area contributed by atoms with Crippen molar-refractivity contribution in [3.8, 4) is 0 Å². The van der Waals surface area contributed by atoms with E-state index in [4.69, 9.17) is 0 Å². The van der Waals surface area contributed by atoms with Crippen LogP contribution in [0, 0.1) is 13.8 Å². The second-order valence-corrected chi connectivity index (χ2v) is 4.85. The summed E-state index contributed by atoms with van der Waals surface area (Å²) < 4.78 is 9.19. The first-order valence-electron chi connectivity index (χ1n) is 7.78. The number of nitrogens with one attached hydrogen (secondary N) is 1. The molecule has 0 saturated heterocycles. The molecule has 0 bridgehead atoms.